The van der Waals surface area contributed by atoms with Crippen molar-refractivity contribution in [3.8, 4) is 5.75 Å². The SMILES string of the molecule is Cc1ccc(NC(=O)Nc2nnc(COc3cc(C)ccc3C(C)C)s2)cc1. The average Bonchev–Trinajstić information content (AvgIpc) is 3.09. The van der Waals surface area contributed by atoms with Crippen LogP contribution in [0.1, 0.15) is 41.5 Å². The van der Waals surface area contributed by atoms with Crippen molar-refractivity contribution < 1.29 is 9.53 Å². The molecule has 0 saturated heterocycles. The van der Waals surface area contributed by atoms with Gasteiger partial charge in [0.15, 0.2) is 5.01 Å². The third-order valence-corrected chi connectivity index (χ3v) is 4.95. The van der Waals surface area contributed by atoms with Crippen LogP contribution in [-0.2, 0) is 6.61 Å². The molecule has 2 aromatic carbocycles. The largest absolute Gasteiger partial charge is 0.486 e. The van der Waals surface area contributed by atoms with E-state index in [1.165, 1.54) is 11.3 Å². The predicted octanol–water partition coefficient (Wildman–Crippen LogP) is 5.50. The van der Waals surface area contributed by atoms with Gasteiger partial charge in [-0.15, -0.1) is 10.2 Å². The summed E-state index contributed by atoms with van der Waals surface area (Å²) < 4.78 is 5.97. The number of anilines is 2. The summed E-state index contributed by atoms with van der Waals surface area (Å²) in [6, 6.07) is 13.4. The normalized spacial score (nSPS) is 10.8. The van der Waals surface area contributed by atoms with Crippen LogP contribution in [0, 0.1) is 13.8 Å². The van der Waals surface area contributed by atoms with Crippen molar-refractivity contribution in [3.05, 3.63) is 64.2 Å². The number of ether oxygens (including phenoxy) is 1. The Hall–Kier alpha value is -2.93. The maximum absolute atomic E-state index is 12.1. The van der Waals surface area contributed by atoms with Crippen molar-refractivity contribution in [2.24, 2.45) is 0 Å². The number of carbonyl (C=O) groups excluding carboxylic acids is 1. The van der Waals surface area contributed by atoms with Crippen LogP contribution in [0.4, 0.5) is 15.6 Å². The Bertz CT molecular complexity index is 951. The highest BCUT2D eigenvalue weighted by atomic mass is 32.1. The van der Waals surface area contributed by atoms with Crippen molar-refractivity contribution >= 4 is 28.2 Å². The quantitative estimate of drug-likeness (QED) is 0.577. The highest BCUT2D eigenvalue weighted by molar-refractivity contribution is 7.15. The summed E-state index contributed by atoms with van der Waals surface area (Å²) in [5.41, 5.74) is 4.16. The van der Waals surface area contributed by atoms with Gasteiger partial charge in [-0.3, -0.25) is 5.32 Å². The van der Waals surface area contributed by atoms with Gasteiger partial charge in [0.2, 0.25) is 5.13 Å². The fourth-order valence-corrected chi connectivity index (χ4v) is 3.29. The Morgan fingerprint density at radius 1 is 1.04 bits per heavy atom. The number of urea groups is 1. The van der Waals surface area contributed by atoms with E-state index in [0.29, 0.717) is 22.7 Å². The minimum atomic E-state index is -0.353. The van der Waals surface area contributed by atoms with Crippen LogP contribution < -0.4 is 15.4 Å². The molecular weight excluding hydrogens is 372 g/mol. The Morgan fingerprint density at radius 2 is 1.75 bits per heavy atom. The molecule has 0 aliphatic carbocycles. The van der Waals surface area contributed by atoms with Crippen LogP contribution in [0.5, 0.6) is 5.75 Å². The van der Waals surface area contributed by atoms with Gasteiger partial charge in [0, 0.05) is 5.69 Å². The first kappa shape index (κ1) is 19.8. The summed E-state index contributed by atoms with van der Waals surface area (Å²) in [4.78, 5) is 12.1. The van der Waals surface area contributed by atoms with Crippen LogP contribution in [0.3, 0.4) is 0 Å². The molecule has 0 atom stereocenters. The molecular formula is C21H24N4O2S. The van der Waals surface area contributed by atoms with Crippen molar-refractivity contribution in [1.82, 2.24) is 10.2 Å². The summed E-state index contributed by atoms with van der Waals surface area (Å²) >= 11 is 1.29. The van der Waals surface area contributed by atoms with Gasteiger partial charge in [0.1, 0.15) is 12.4 Å². The van der Waals surface area contributed by atoms with Gasteiger partial charge in [-0.1, -0.05) is 55.0 Å². The third-order valence-electron chi connectivity index (χ3n) is 4.14. The number of amides is 2. The zero-order valence-corrected chi connectivity index (χ0v) is 17.3. The van der Waals surface area contributed by atoms with Gasteiger partial charge >= 0.3 is 6.03 Å². The maximum atomic E-state index is 12.1. The van der Waals surface area contributed by atoms with Gasteiger partial charge in [-0.25, -0.2) is 4.79 Å². The highest BCUT2D eigenvalue weighted by Gasteiger charge is 2.12. The number of carbonyl (C=O) groups is 1. The van der Waals surface area contributed by atoms with E-state index >= 15 is 0 Å². The summed E-state index contributed by atoms with van der Waals surface area (Å²) in [6.07, 6.45) is 0. The second kappa shape index (κ2) is 8.84. The van der Waals surface area contributed by atoms with Crippen LogP contribution in [0.15, 0.2) is 42.5 Å². The molecule has 0 radical (unpaired) electrons. The first-order valence-corrected chi connectivity index (χ1v) is 9.93. The zero-order chi connectivity index (χ0) is 20.1. The van der Waals surface area contributed by atoms with Gasteiger partial charge in [-0.05, 0) is 49.1 Å². The van der Waals surface area contributed by atoms with Crippen LogP contribution in [0.25, 0.3) is 0 Å². The number of nitrogens with zero attached hydrogens (tertiary/aromatic N) is 2. The number of benzene rings is 2. The Kier molecular flexibility index (Phi) is 6.26. The Balaban J connectivity index is 1.58. The smallest absolute Gasteiger partial charge is 0.325 e. The fourth-order valence-electron chi connectivity index (χ4n) is 2.64. The molecule has 7 heteroatoms. The second-order valence-corrected chi connectivity index (χ2v) is 7.99. The van der Waals surface area contributed by atoms with E-state index in [0.717, 1.165) is 28.1 Å². The molecule has 2 amide bonds. The third kappa shape index (κ3) is 5.29. The topological polar surface area (TPSA) is 76.1 Å². The van der Waals surface area contributed by atoms with E-state index in [2.05, 4.69) is 46.8 Å². The van der Waals surface area contributed by atoms with E-state index < -0.39 is 0 Å². The average molecular weight is 397 g/mol. The lowest BCUT2D eigenvalue weighted by molar-refractivity contribution is 0.262. The number of hydrogen-bond acceptors (Lipinski definition) is 5. The number of nitrogens with one attached hydrogen (secondary N) is 2. The predicted molar refractivity (Wildman–Crippen MR) is 113 cm³/mol. The van der Waals surface area contributed by atoms with Crippen LogP contribution >= 0.6 is 11.3 Å². The number of aryl methyl sites for hydroxylation is 2. The molecule has 2 N–H and O–H groups in total. The molecule has 0 unspecified atom stereocenters. The van der Waals surface area contributed by atoms with Crippen molar-refractivity contribution in [1.29, 1.82) is 0 Å². The molecule has 0 spiro atoms. The number of aromatic nitrogens is 2. The molecule has 6 nitrogen and oxygen atoms in total. The molecule has 1 heterocycles. The fraction of sp³-hybridized carbons (Fsp3) is 0.286. The molecule has 146 valence electrons. The number of hydrogen-bond donors (Lipinski definition) is 2. The lowest BCUT2D eigenvalue weighted by atomic mass is 10.0. The molecule has 28 heavy (non-hydrogen) atoms. The number of rotatable bonds is 6. The maximum Gasteiger partial charge on any atom is 0.325 e. The minimum Gasteiger partial charge on any atom is -0.486 e. The van der Waals surface area contributed by atoms with Crippen molar-refractivity contribution in [2.45, 2.75) is 40.2 Å². The summed E-state index contributed by atoms with van der Waals surface area (Å²) in [5.74, 6) is 1.23. The second-order valence-electron chi connectivity index (χ2n) is 6.93. The van der Waals surface area contributed by atoms with Gasteiger partial charge in [-0.2, -0.15) is 0 Å². The molecule has 0 fully saturated rings. The molecule has 0 saturated carbocycles. The molecule has 0 aliphatic heterocycles. The van der Waals surface area contributed by atoms with E-state index in [-0.39, 0.29) is 6.03 Å². The van der Waals surface area contributed by atoms with E-state index in [1.807, 2.05) is 44.2 Å². The highest BCUT2D eigenvalue weighted by Crippen LogP contribution is 2.28. The summed E-state index contributed by atoms with van der Waals surface area (Å²) in [5, 5.41) is 14.7. The van der Waals surface area contributed by atoms with Gasteiger partial charge in [0.05, 0.1) is 0 Å². The van der Waals surface area contributed by atoms with Gasteiger partial charge in [0.25, 0.3) is 0 Å². The monoisotopic (exact) mass is 396 g/mol. The first-order valence-electron chi connectivity index (χ1n) is 9.11. The molecule has 0 aliphatic rings. The molecule has 3 aromatic rings. The van der Waals surface area contributed by atoms with Crippen molar-refractivity contribution in [3.63, 3.8) is 0 Å². The molecule has 3 rings (SSSR count). The molecule has 0 bridgehead atoms. The van der Waals surface area contributed by atoms with Gasteiger partial charge < -0.3 is 10.1 Å². The van der Waals surface area contributed by atoms with E-state index in [9.17, 15) is 4.79 Å². The van der Waals surface area contributed by atoms with Crippen LogP contribution in [-0.4, -0.2) is 16.2 Å². The van der Waals surface area contributed by atoms with Crippen LogP contribution in [0.2, 0.25) is 0 Å². The molecule has 1 aromatic heterocycles. The first-order chi connectivity index (χ1) is 13.4. The Labute approximate surface area is 169 Å². The lowest BCUT2D eigenvalue weighted by Crippen LogP contribution is -2.19. The lowest BCUT2D eigenvalue weighted by Gasteiger charge is -2.13. The minimum absolute atomic E-state index is 0.308. The standard InChI is InChI=1S/C21H24N4O2S/c1-13(2)17-10-7-15(4)11-18(17)27-12-19-24-25-21(28-19)23-20(26)22-16-8-5-14(3)6-9-16/h5-11,13H,12H2,1-4H3,(H2,22,23,25,26). The summed E-state index contributed by atoms with van der Waals surface area (Å²) in [6.45, 7) is 8.61. The summed E-state index contributed by atoms with van der Waals surface area (Å²) in [7, 11) is 0. The van der Waals surface area contributed by atoms with E-state index in [1.54, 1.807) is 0 Å². The Morgan fingerprint density at radius 3 is 2.46 bits per heavy atom. The zero-order valence-electron chi connectivity index (χ0n) is 16.4. The van der Waals surface area contributed by atoms with Crippen molar-refractivity contribution in [2.75, 3.05) is 10.6 Å². The van der Waals surface area contributed by atoms with E-state index in [4.69, 9.17) is 4.74 Å².